The number of carboxylic acid groups (broad SMARTS) is 1. The molecule has 0 aliphatic rings. The van der Waals surface area contributed by atoms with Crippen LogP contribution >= 0.6 is 0 Å². The lowest BCUT2D eigenvalue weighted by atomic mass is 9.87. The average Bonchev–Trinajstić information content (AvgIpc) is 2.85. The highest BCUT2D eigenvalue weighted by atomic mass is 16.4. The third-order valence-electron chi connectivity index (χ3n) is 3.67. The highest BCUT2D eigenvalue weighted by Crippen LogP contribution is 2.27. The minimum Gasteiger partial charge on any atom is -0.477 e. The van der Waals surface area contributed by atoms with Gasteiger partial charge in [0.1, 0.15) is 5.69 Å². The van der Waals surface area contributed by atoms with Gasteiger partial charge in [-0.1, -0.05) is 26.8 Å². The lowest BCUT2D eigenvalue weighted by molar-refractivity contribution is 0.0687. The summed E-state index contributed by atoms with van der Waals surface area (Å²) in [5.41, 5.74) is 3.33. The summed E-state index contributed by atoms with van der Waals surface area (Å²) in [7, 11) is 1.72. The monoisotopic (exact) mass is 271 g/mol. The number of aromatic nitrogens is 3. The minimum atomic E-state index is -0.947. The van der Waals surface area contributed by atoms with Crippen molar-refractivity contribution in [3.63, 3.8) is 0 Å². The lowest BCUT2D eigenvalue weighted by Crippen LogP contribution is -2.10. The van der Waals surface area contributed by atoms with E-state index >= 15 is 0 Å². The van der Waals surface area contributed by atoms with Crippen LogP contribution in [0.4, 0.5) is 0 Å². The van der Waals surface area contributed by atoms with Gasteiger partial charge in [-0.2, -0.15) is 0 Å². The third kappa shape index (κ3) is 1.70. The lowest BCUT2D eigenvalue weighted by Gasteiger charge is -2.18. The summed E-state index contributed by atoms with van der Waals surface area (Å²) >= 11 is 0. The van der Waals surface area contributed by atoms with E-state index in [0.29, 0.717) is 5.78 Å². The second kappa shape index (κ2) is 3.85. The number of rotatable bonds is 1. The van der Waals surface area contributed by atoms with E-state index in [9.17, 15) is 4.79 Å². The molecule has 3 aromatic rings. The normalized spacial score (nSPS) is 12.4. The molecule has 0 aliphatic carbocycles. The van der Waals surface area contributed by atoms with Crippen LogP contribution < -0.4 is 0 Å². The zero-order valence-corrected chi connectivity index (χ0v) is 12.0. The standard InChI is InChI=1S/C15H17N3O2/c1-15(2,3)9-5-6-11-10(7-9)16-14-17(4)12(13(19)20)8-18(11)14/h5-8H,1-4H3,(H,19,20). The summed E-state index contributed by atoms with van der Waals surface area (Å²) < 4.78 is 3.42. The Balaban J connectivity index is 2.31. The van der Waals surface area contributed by atoms with Crippen LogP contribution in [0.25, 0.3) is 16.8 Å². The molecular weight excluding hydrogens is 254 g/mol. The molecule has 0 saturated heterocycles. The summed E-state index contributed by atoms with van der Waals surface area (Å²) in [5.74, 6) is -0.305. The number of carboxylic acids is 1. The van der Waals surface area contributed by atoms with Gasteiger partial charge in [-0.05, 0) is 23.1 Å². The number of fused-ring (bicyclic) bond motifs is 3. The zero-order chi connectivity index (χ0) is 14.7. The maximum atomic E-state index is 11.1. The first-order chi connectivity index (χ1) is 9.29. The molecule has 1 N–H and O–H groups in total. The predicted octanol–water partition coefficient (Wildman–Crippen LogP) is 2.82. The summed E-state index contributed by atoms with van der Waals surface area (Å²) in [6.07, 6.45) is 1.61. The van der Waals surface area contributed by atoms with Crippen LogP contribution in [0.15, 0.2) is 24.4 Å². The second-order valence-electron chi connectivity index (χ2n) is 6.11. The van der Waals surface area contributed by atoms with Crippen molar-refractivity contribution in [3.05, 3.63) is 35.7 Å². The number of hydrogen-bond acceptors (Lipinski definition) is 2. The van der Waals surface area contributed by atoms with Gasteiger partial charge in [0.25, 0.3) is 0 Å². The van der Waals surface area contributed by atoms with Gasteiger partial charge < -0.3 is 9.67 Å². The van der Waals surface area contributed by atoms with Gasteiger partial charge in [0.2, 0.25) is 5.78 Å². The Morgan fingerprint density at radius 1 is 1.30 bits per heavy atom. The summed E-state index contributed by atoms with van der Waals surface area (Å²) in [5, 5.41) is 9.15. The fraction of sp³-hybridized carbons (Fsp3) is 0.333. The number of nitrogens with zero attached hydrogens (tertiary/aromatic N) is 3. The van der Waals surface area contributed by atoms with Crippen molar-refractivity contribution in [1.29, 1.82) is 0 Å². The number of aryl methyl sites for hydroxylation is 1. The second-order valence-corrected chi connectivity index (χ2v) is 6.11. The molecule has 0 atom stereocenters. The Hall–Kier alpha value is -2.30. The molecule has 0 saturated carbocycles. The Morgan fingerprint density at radius 2 is 2.00 bits per heavy atom. The highest BCUT2D eigenvalue weighted by molar-refractivity contribution is 5.89. The average molecular weight is 271 g/mol. The smallest absolute Gasteiger partial charge is 0.354 e. The Bertz CT molecular complexity index is 834. The number of imidazole rings is 2. The summed E-state index contributed by atoms with van der Waals surface area (Å²) in [4.78, 5) is 15.7. The van der Waals surface area contributed by atoms with E-state index < -0.39 is 5.97 Å². The quantitative estimate of drug-likeness (QED) is 0.740. The minimum absolute atomic E-state index is 0.0657. The molecule has 5 nitrogen and oxygen atoms in total. The fourth-order valence-electron chi connectivity index (χ4n) is 2.43. The summed E-state index contributed by atoms with van der Waals surface area (Å²) in [6, 6.07) is 6.15. The number of aromatic carboxylic acids is 1. The maximum Gasteiger partial charge on any atom is 0.354 e. The molecule has 0 spiro atoms. The summed E-state index contributed by atoms with van der Waals surface area (Å²) in [6.45, 7) is 6.48. The van der Waals surface area contributed by atoms with E-state index in [2.05, 4.69) is 37.9 Å². The van der Waals surface area contributed by atoms with Crippen molar-refractivity contribution < 1.29 is 9.90 Å². The SMILES string of the molecule is Cn1c(C(=O)O)cn2c3ccc(C(C)(C)C)cc3nc12. The highest BCUT2D eigenvalue weighted by Gasteiger charge is 2.18. The van der Waals surface area contributed by atoms with E-state index in [1.165, 1.54) is 5.56 Å². The van der Waals surface area contributed by atoms with Crippen LogP contribution in [0.2, 0.25) is 0 Å². The third-order valence-corrected chi connectivity index (χ3v) is 3.67. The molecule has 0 amide bonds. The van der Waals surface area contributed by atoms with Crippen LogP contribution in [0.3, 0.4) is 0 Å². The number of hydrogen-bond donors (Lipinski definition) is 1. The van der Waals surface area contributed by atoms with Crippen LogP contribution in [0.1, 0.15) is 36.8 Å². The topological polar surface area (TPSA) is 59.5 Å². The van der Waals surface area contributed by atoms with Crippen LogP contribution in [-0.4, -0.2) is 25.0 Å². The van der Waals surface area contributed by atoms with Crippen molar-refractivity contribution in [2.75, 3.05) is 0 Å². The van der Waals surface area contributed by atoms with Crippen LogP contribution in [0, 0.1) is 0 Å². The van der Waals surface area contributed by atoms with Gasteiger partial charge in [0.15, 0.2) is 0 Å². The van der Waals surface area contributed by atoms with E-state index in [1.54, 1.807) is 17.8 Å². The molecular formula is C15H17N3O2. The Kier molecular flexibility index (Phi) is 2.45. The van der Waals surface area contributed by atoms with E-state index in [4.69, 9.17) is 5.11 Å². The first-order valence-corrected chi connectivity index (χ1v) is 6.50. The predicted molar refractivity (Wildman–Crippen MR) is 77.3 cm³/mol. The molecule has 2 heterocycles. The molecule has 3 rings (SSSR count). The first-order valence-electron chi connectivity index (χ1n) is 6.50. The van der Waals surface area contributed by atoms with Crippen LogP contribution in [-0.2, 0) is 12.5 Å². The van der Waals surface area contributed by atoms with Crippen molar-refractivity contribution in [1.82, 2.24) is 14.0 Å². The van der Waals surface area contributed by atoms with E-state index in [0.717, 1.165) is 11.0 Å². The largest absolute Gasteiger partial charge is 0.477 e. The molecule has 0 fully saturated rings. The Morgan fingerprint density at radius 3 is 2.60 bits per heavy atom. The van der Waals surface area contributed by atoms with E-state index in [-0.39, 0.29) is 11.1 Å². The van der Waals surface area contributed by atoms with E-state index in [1.807, 2.05) is 10.5 Å². The van der Waals surface area contributed by atoms with Gasteiger partial charge in [0, 0.05) is 13.2 Å². The molecule has 1 aromatic carbocycles. The first kappa shape index (κ1) is 12.7. The fourth-order valence-corrected chi connectivity index (χ4v) is 2.43. The van der Waals surface area contributed by atoms with Gasteiger partial charge in [-0.15, -0.1) is 0 Å². The van der Waals surface area contributed by atoms with Gasteiger partial charge >= 0.3 is 5.97 Å². The zero-order valence-electron chi connectivity index (χ0n) is 12.0. The van der Waals surface area contributed by atoms with Crippen molar-refractivity contribution in [3.8, 4) is 0 Å². The maximum absolute atomic E-state index is 11.1. The van der Waals surface area contributed by atoms with Crippen molar-refractivity contribution in [2.45, 2.75) is 26.2 Å². The Labute approximate surface area is 116 Å². The molecule has 0 bridgehead atoms. The van der Waals surface area contributed by atoms with Gasteiger partial charge in [-0.3, -0.25) is 4.40 Å². The molecule has 20 heavy (non-hydrogen) atoms. The van der Waals surface area contributed by atoms with Crippen LogP contribution in [0.5, 0.6) is 0 Å². The molecule has 0 aliphatic heterocycles. The molecule has 0 radical (unpaired) electrons. The molecule has 2 aromatic heterocycles. The van der Waals surface area contributed by atoms with Gasteiger partial charge in [-0.25, -0.2) is 9.78 Å². The van der Waals surface area contributed by atoms with Crippen molar-refractivity contribution >= 4 is 22.8 Å². The molecule has 0 unspecified atom stereocenters. The van der Waals surface area contributed by atoms with Gasteiger partial charge in [0.05, 0.1) is 11.0 Å². The molecule has 5 heteroatoms. The van der Waals surface area contributed by atoms with Crippen molar-refractivity contribution in [2.24, 2.45) is 7.05 Å². The molecule has 104 valence electrons. The number of benzene rings is 1. The number of carbonyl (C=O) groups is 1.